The highest BCUT2D eigenvalue weighted by Gasteiger charge is 2.32. The average Bonchev–Trinajstić information content (AvgIpc) is 3.23. The molecule has 1 aromatic heterocycles. The van der Waals surface area contributed by atoms with E-state index in [1.165, 1.54) is 24.3 Å². The van der Waals surface area contributed by atoms with Gasteiger partial charge in [0, 0.05) is 29.5 Å². The molecule has 1 aliphatic carbocycles. The van der Waals surface area contributed by atoms with Crippen molar-refractivity contribution in [3.63, 3.8) is 0 Å². The van der Waals surface area contributed by atoms with Crippen molar-refractivity contribution >= 4 is 46.4 Å². The average molecular weight is 413 g/mol. The molecule has 1 fully saturated rings. The molecule has 0 aliphatic heterocycles. The van der Waals surface area contributed by atoms with Crippen molar-refractivity contribution in [3.8, 4) is 11.3 Å². The van der Waals surface area contributed by atoms with Crippen LogP contribution in [0.1, 0.15) is 26.2 Å². The number of carbonyl (C=O) groups excluding carboxylic acids is 2. The molecule has 2 aromatic rings. The molecule has 1 aromatic carbocycles. The highest BCUT2D eigenvalue weighted by Crippen LogP contribution is 2.33. The van der Waals surface area contributed by atoms with Crippen LogP contribution in [0.25, 0.3) is 11.3 Å². The van der Waals surface area contributed by atoms with Crippen molar-refractivity contribution in [1.82, 2.24) is 4.98 Å². The maximum atomic E-state index is 14.3. The highest BCUT2D eigenvalue weighted by atomic mass is 35.5. The van der Waals surface area contributed by atoms with E-state index in [9.17, 15) is 14.0 Å². The molecule has 9 heteroatoms. The van der Waals surface area contributed by atoms with Gasteiger partial charge in [-0.1, -0.05) is 6.42 Å². The van der Waals surface area contributed by atoms with E-state index < -0.39 is 5.82 Å². The van der Waals surface area contributed by atoms with Crippen molar-refractivity contribution < 1.29 is 14.0 Å². The second-order valence-corrected chi connectivity index (χ2v) is 7.29. The Labute approximate surface area is 167 Å². The Balaban J connectivity index is 0.00000261. The summed E-state index contributed by atoms with van der Waals surface area (Å²) in [5.41, 5.74) is 6.88. The number of benzene rings is 1. The van der Waals surface area contributed by atoms with Crippen LogP contribution in [0.5, 0.6) is 0 Å². The predicted molar refractivity (Wildman–Crippen MR) is 108 cm³/mol. The van der Waals surface area contributed by atoms with E-state index in [1.807, 2.05) is 0 Å². The van der Waals surface area contributed by atoms with Gasteiger partial charge >= 0.3 is 0 Å². The van der Waals surface area contributed by atoms with Gasteiger partial charge < -0.3 is 16.4 Å². The van der Waals surface area contributed by atoms with E-state index in [0.29, 0.717) is 28.6 Å². The summed E-state index contributed by atoms with van der Waals surface area (Å²) < 4.78 is 14.3. The summed E-state index contributed by atoms with van der Waals surface area (Å²) >= 11 is 1.25. The molecular weight excluding hydrogens is 391 g/mol. The third-order valence-corrected chi connectivity index (χ3v) is 5.36. The fraction of sp³-hybridized carbons (Fsp3) is 0.389. The Bertz CT molecular complexity index is 829. The van der Waals surface area contributed by atoms with Crippen LogP contribution in [-0.4, -0.2) is 23.3 Å². The van der Waals surface area contributed by atoms with Crippen molar-refractivity contribution in [1.29, 1.82) is 0 Å². The van der Waals surface area contributed by atoms with Crippen LogP contribution in [-0.2, 0) is 9.59 Å². The monoisotopic (exact) mass is 412 g/mol. The van der Waals surface area contributed by atoms with E-state index in [0.717, 1.165) is 19.3 Å². The Hall–Kier alpha value is -2.03. The zero-order chi connectivity index (χ0) is 18.7. The van der Waals surface area contributed by atoms with Gasteiger partial charge in [-0.3, -0.25) is 9.59 Å². The molecule has 4 N–H and O–H groups in total. The number of carbonyl (C=O) groups is 2. The molecule has 0 spiro atoms. The van der Waals surface area contributed by atoms with Gasteiger partial charge in [0.2, 0.25) is 11.8 Å². The molecule has 2 amide bonds. The second kappa shape index (κ2) is 9.25. The first kappa shape index (κ1) is 21.3. The number of nitrogens with two attached hydrogens (primary N) is 1. The fourth-order valence-corrected chi connectivity index (χ4v) is 4.03. The van der Waals surface area contributed by atoms with E-state index >= 15 is 0 Å². The minimum atomic E-state index is -0.488. The lowest BCUT2D eigenvalue weighted by atomic mass is 9.95. The number of nitrogens with one attached hydrogen (secondary N) is 2. The molecule has 146 valence electrons. The number of thiazole rings is 1. The van der Waals surface area contributed by atoms with E-state index in [1.54, 1.807) is 17.5 Å². The Morgan fingerprint density at radius 3 is 2.78 bits per heavy atom. The molecule has 6 nitrogen and oxygen atoms in total. The van der Waals surface area contributed by atoms with Crippen molar-refractivity contribution in [2.45, 2.75) is 26.2 Å². The van der Waals surface area contributed by atoms with Gasteiger partial charge in [0.05, 0.1) is 5.69 Å². The van der Waals surface area contributed by atoms with Gasteiger partial charge in [-0.2, -0.15) is 0 Å². The van der Waals surface area contributed by atoms with Crippen LogP contribution in [0.15, 0.2) is 23.6 Å². The molecule has 0 saturated heterocycles. The number of hydrogen-bond acceptors (Lipinski definition) is 5. The summed E-state index contributed by atoms with van der Waals surface area (Å²) in [6.45, 7) is 1.87. The van der Waals surface area contributed by atoms with Crippen LogP contribution in [0.3, 0.4) is 0 Å². The van der Waals surface area contributed by atoms with Gasteiger partial charge in [0.25, 0.3) is 0 Å². The number of halogens is 2. The summed E-state index contributed by atoms with van der Waals surface area (Å²) in [6.07, 6.45) is 2.82. The maximum absolute atomic E-state index is 14.3. The zero-order valence-corrected chi connectivity index (χ0v) is 16.5. The molecule has 0 unspecified atom stereocenters. The van der Waals surface area contributed by atoms with Crippen LogP contribution in [0.4, 0.5) is 15.2 Å². The van der Waals surface area contributed by atoms with E-state index in [2.05, 4.69) is 15.6 Å². The summed E-state index contributed by atoms with van der Waals surface area (Å²) in [4.78, 5) is 27.8. The summed E-state index contributed by atoms with van der Waals surface area (Å²) in [7, 11) is 0. The maximum Gasteiger partial charge on any atom is 0.229 e. The van der Waals surface area contributed by atoms with Crippen molar-refractivity contribution in [3.05, 3.63) is 29.4 Å². The van der Waals surface area contributed by atoms with Gasteiger partial charge in [0.15, 0.2) is 5.13 Å². The fourth-order valence-electron chi connectivity index (χ4n) is 3.32. The van der Waals surface area contributed by atoms with Gasteiger partial charge in [-0.25, -0.2) is 9.37 Å². The number of anilines is 2. The third-order valence-electron chi connectivity index (χ3n) is 4.60. The van der Waals surface area contributed by atoms with E-state index in [-0.39, 0.29) is 36.1 Å². The van der Waals surface area contributed by atoms with Crippen molar-refractivity contribution in [2.75, 3.05) is 17.2 Å². The summed E-state index contributed by atoms with van der Waals surface area (Å²) in [6, 6.07) is 4.42. The lowest BCUT2D eigenvalue weighted by Crippen LogP contribution is -2.29. The smallest absolute Gasteiger partial charge is 0.229 e. The standard InChI is InChI=1S/C18H21FN4O2S.ClH/c1-10(24)21-12-5-6-14(15(19)7-12)16-9-26-18(22-16)23-17(25)13-4-2-3-11(13)8-20;/h5-7,9,11,13H,2-4,8,20H2,1H3,(H,21,24)(H,22,23,25);1H/t11-,13-;/m1./s1. The SMILES string of the molecule is CC(=O)Nc1ccc(-c2csc(NC(=O)[C@@H]3CCC[C@@H]3CN)n2)c(F)c1.Cl. The molecule has 0 bridgehead atoms. The lowest BCUT2D eigenvalue weighted by Gasteiger charge is -2.16. The minimum absolute atomic E-state index is 0. The molecular formula is C18H22ClFN4O2S. The molecule has 1 aliphatic rings. The number of hydrogen-bond donors (Lipinski definition) is 3. The first-order valence-corrected chi connectivity index (χ1v) is 9.40. The molecule has 2 atom stereocenters. The Kier molecular flexibility index (Phi) is 7.29. The Morgan fingerprint density at radius 1 is 1.33 bits per heavy atom. The van der Waals surface area contributed by atoms with Gasteiger partial charge in [-0.05, 0) is 43.5 Å². The molecule has 3 rings (SSSR count). The minimum Gasteiger partial charge on any atom is -0.330 e. The summed E-state index contributed by atoms with van der Waals surface area (Å²) in [5, 5.41) is 7.50. The van der Waals surface area contributed by atoms with Gasteiger partial charge in [0.1, 0.15) is 5.82 Å². The van der Waals surface area contributed by atoms with Crippen LogP contribution >= 0.6 is 23.7 Å². The predicted octanol–water partition coefficient (Wildman–Crippen LogP) is 3.64. The molecule has 0 radical (unpaired) electrons. The Morgan fingerprint density at radius 2 is 2.11 bits per heavy atom. The van der Waals surface area contributed by atoms with Gasteiger partial charge in [-0.15, -0.1) is 23.7 Å². The van der Waals surface area contributed by atoms with E-state index in [4.69, 9.17) is 5.73 Å². The number of amides is 2. The highest BCUT2D eigenvalue weighted by molar-refractivity contribution is 7.14. The summed E-state index contributed by atoms with van der Waals surface area (Å²) in [5.74, 6) is -0.688. The second-order valence-electron chi connectivity index (χ2n) is 6.44. The molecule has 27 heavy (non-hydrogen) atoms. The first-order chi connectivity index (χ1) is 12.5. The van der Waals surface area contributed by atoms with Crippen LogP contribution < -0.4 is 16.4 Å². The number of nitrogens with zero attached hydrogens (tertiary/aromatic N) is 1. The third kappa shape index (κ3) is 5.03. The normalized spacial score (nSPS) is 18.6. The zero-order valence-electron chi connectivity index (χ0n) is 14.8. The first-order valence-electron chi connectivity index (χ1n) is 8.52. The van der Waals surface area contributed by atoms with Crippen LogP contribution in [0.2, 0.25) is 0 Å². The number of rotatable bonds is 5. The van der Waals surface area contributed by atoms with Crippen molar-refractivity contribution in [2.24, 2.45) is 17.6 Å². The number of aromatic nitrogens is 1. The topological polar surface area (TPSA) is 97.1 Å². The lowest BCUT2D eigenvalue weighted by molar-refractivity contribution is -0.120. The molecule has 1 heterocycles. The molecule has 1 saturated carbocycles. The quantitative estimate of drug-likeness (QED) is 0.698. The van der Waals surface area contributed by atoms with Crippen LogP contribution in [0, 0.1) is 17.7 Å². The largest absolute Gasteiger partial charge is 0.330 e.